The zero-order valence-corrected chi connectivity index (χ0v) is 21.1. The van der Waals surface area contributed by atoms with Gasteiger partial charge < -0.3 is 15.2 Å². The maximum Gasteiger partial charge on any atom is 0.320 e. The van der Waals surface area contributed by atoms with Crippen molar-refractivity contribution in [3.63, 3.8) is 0 Å². The Balaban J connectivity index is 1.46. The predicted molar refractivity (Wildman–Crippen MR) is 142 cm³/mol. The summed E-state index contributed by atoms with van der Waals surface area (Å²) in [7, 11) is 1.60. The molecule has 0 radical (unpaired) electrons. The highest BCUT2D eigenvalue weighted by Crippen LogP contribution is 2.29. The largest absolute Gasteiger partial charge is 0.468 e. The summed E-state index contributed by atoms with van der Waals surface area (Å²) in [6.45, 7) is 6.53. The van der Waals surface area contributed by atoms with Crippen LogP contribution in [0.1, 0.15) is 43.7 Å². The quantitative estimate of drug-likeness (QED) is 0.319. The van der Waals surface area contributed by atoms with Crippen LogP contribution in [-0.4, -0.2) is 51.2 Å². The van der Waals surface area contributed by atoms with Crippen molar-refractivity contribution in [1.82, 2.24) is 24.4 Å². The van der Waals surface area contributed by atoms with E-state index in [4.69, 9.17) is 15.2 Å². The Labute approximate surface area is 212 Å². The van der Waals surface area contributed by atoms with Crippen LogP contribution in [0.4, 0.5) is 5.82 Å². The second-order valence-electron chi connectivity index (χ2n) is 9.29. The molecule has 3 heterocycles. The van der Waals surface area contributed by atoms with E-state index < -0.39 is 0 Å². The standard InChI is InChI=1S/C28H34N6O2/c1-3-4-16-36-27-31-25(29)24-26(32-27)34(28(30-24)35-2)18-20-10-9-12-21(17-20)23-13-6-5-11-22(23)19-33-14-7-8-15-33/h5-6,9-13,17H,3-4,7-8,14-16,18-19H2,1-2H3,(H2,29,31,32). The predicted octanol–water partition coefficient (Wildman–Crippen LogP) is 4.91. The van der Waals surface area contributed by atoms with Gasteiger partial charge in [0.15, 0.2) is 17.0 Å². The Hall–Kier alpha value is -3.65. The number of nitrogen functional groups attached to an aromatic ring is 1. The van der Waals surface area contributed by atoms with E-state index in [2.05, 4.69) is 75.3 Å². The summed E-state index contributed by atoms with van der Waals surface area (Å²) >= 11 is 0. The molecule has 2 N–H and O–H groups in total. The molecule has 1 aliphatic rings. The van der Waals surface area contributed by atoms with Crippen LogP contribution in [0, 0.1) is 0 Å². The van der Waals surface area contributed by atoms with Gasteiger partial charge in [0.2, 0.25) is 0 Å². The molecule has 188 valence electrons. The summed E-state index contributed by atoms with van der Waals surface area (Å²) in [6.07, 6.45) is 4.53. The highest BCUT2D eigenvalue weighted by atomic mass is 16.5. The van der Waals surface area contributed by atoms with Crippen molar-refractivity contribution < 1.29 is 9.47 Å². The van der Waals surface area contributed by atoms with Gasteiger partial charge in [0.25, 0.3) is 6.01 Å². The van der Waals surface area contributed by atoms with Crippen molar-refractivity contribution in [2.75, 3.05) is 32.5 Å². The van der Waals surface area contributed by atoms with Crippen LogP contribution in [0.5, 0.6) is 12.0 Å². The first-order valence-electron chi connectivity index (χ1n) is 12.8. The fourth-order valence-electron chi connectivity index (χ4n) is 4.79. The number of hydrogen-bond donors (Lipinski definition) is 1. The van der Waals surface area contributed by atoms with Crippen molar-refractivity contribution in [1.29, 1.82) is 0 Å². The van der Waals surface area contributed by atoms with Gasteiger partial charge in [-0.1, -0.05) is 55.8 Å². The monoisotopic (exact) mass is 486 g/mol. The molecule has 0 aliphatic carbocycles. The summed E-state index contributed by atoms with van der Waals surface area (Å²) in [5.74, 6) is 0.285. The van der Waals surface area contributed by atoms with Crippen molar-refractivity contribution in [3.05, 3.63) is 59.7 Å². The summed E-state index contributed by atoms with van der Waals surface area (Å²) in [4.78, 5) is 16.0. The minimum atomic E-state index is 0.266. The first-order chi connectivity index (χ1) is 17.7. The van der Waals surface area contributed by atoms with E-state index in [0.717, 1.165) is 24.9 Å². The Morgan fingerprint density at radius 3 is 2.61 bits per heavy atom. The molecule has 0 atom stereocenters. The number of imidazole rings is 1. The van der Waals surface area contributed by atoms with Gasteiger partial charge in [0.1, 0.15) is 0 Å². The molecule has 1 fully saturated rings. The van der Waals surface area contributed by atoms with Crippen LogP contribution in [0.2, 0.25) is 0 Å². The summed E-state index contributed by atoms with van der Waals surface area (Å²) in [5, 5.41) is 0. The van der Waals surface area contributed by atoms with Gasteiger partial charge in [-0.2, -0.15) is 15.0 Å². The molecule has 0 amide bonds. The van der Waals surface area contributed by atoms with E-state index >= 15 is 0 Å². The third-order valence-corrected chi connectivity index (χ3v) is 6.67. The van der Waals surface area contributed by atoms with Gasteiger partial charge in [-0.15, -0.1) is 0 Å². The van der Waals surface area contributed by atoms with E-state index in [1.165, 1.54) is 42.6 Å². The zero-order chi connectivity index (χ0) is 24.9. The molecule has 0 saturated carbocycles. The molecular weight excluding hydrogens is 452 g/mol. The second-order valence-corrected chi connectivity index (χ2v) is 9.29. The fourth-order valence-corrected chi connectivity index (χ4v) is 4.79. The number of likely N-dealkylation sites (tertiary alicyclic amines) is 1. The number of aromatic nitrogens is 4. The highest BCUT2D eigenvalue weighted by molar-refractivity contribution is 5.83. The second kappa shape index (κ2) is 11.0. The van der Waals surface area contributed by atoms with E-state index in [1.807, 2.05) is 4.57 Å². The Bertz CT molecular complexity index is 1330. The fraction of sp³-hybridized carbons (Fsp3) is 0.393. The number of ether oxygens (including phenoxy) is 2. The maximum absolute atomic E-state index is 6.21. The normalized spacial score (nSPS) is 13.9. The average Bonchev–Trinajstić information content (AvgIpc) is 3.53. The molecule has 36 heavy (non-hydrogen) atoms. The highest BCUT2D eigenvalue weighted by Gasteiger charge is 2.19. The van der Waals surface area contributed by atoms with Crippen molar-refractivity contribution >= 4 is 17.0 Å². The molecule has 2 aromatic heterocycles. The number of anilines is 1. The summed E-state index contributed by atoms with van der Waals surface area (Å²) in [5.41, 5.74) is 12.3. The topological polar surface area (TPSA) is 91.3 Å². The Kier molecular flexibility index (Phi) is 7.32. The molecule has 1 aliphatic heterocycles. The number of methoxy groups -OCH3 is 1. The molecule has 0 spiro atoms. The molecule has 4 aromatic rings. The molecule has 0 unspecified atom stereocenters. The van der Waals surface area contributed by atoms with Crippen molar-refractivity contribution in [3.8, 4) is 23.1 Å². The number of nitrogens with two attached hydrogens (primary N) is 1. The molecule has 8 heteroatoms. The number of benzene rings is 2. The molecule has 1 saturated heterocycles. The number of rotatable bonds is 10. The van der Waals surface area contributed by atoms with Crippen molar-refractivity contribution in [2.24, 2.45) is 0 Å². The van der Waals surface area contributed by atoms with Crippen LogP contribution in [0.15, 0.2) is 48.5 Å². The zero-order valence-electron chi connectivity index (χ0n) is 21.1. The van der Waals surface area contributed by atoms with E-state index in [0.29, 0.717) is 30.3 Å². The lowest BCUT2D eigenvalue weighted by Gasteiger charge is -2.18. The lowest BCUT2D eigenvalue weighted by atomic mass is 9.97. The van der Waals surface area contributed by atoms with Gasteiger partial charge >= 0.3 is 6.01 Å². The van der Waals surface area contributed by atoms with Crippen molar-refractivity contribution in [2.45, 2.75) is 45.7 Å². The summed E-state index contributed by atoms with van der Waals surface area (Å²) in [6, 6.07) is 18.0. The minimum absolute atomic E-state index is 0.266. The van der Waals surface area contributed by atoms with E-state index in [9.17, 15) is 0 Å². The van der Waals surface area contributed by atoms with Gasteiger partial charge in [0, 0.05) is 6.54 Å². The van der Waals surface area contributed by atoms with Gasteiger partial charge in [-0.05, 0) is 60.7 Å². The number of hydrogen-bond acceptors (Lipinski definition) is 7. The van der Waals surface area contributed by atoms with Crippen LogP contribution < -0.4 is 15.2 Å². The lowest BCUT2D eigenvalue weighted by molar-refractivity contribution is 0.286. The lowest BCUT2D eigenvalue weighted by Crippen LogP contribution is -2.18. The first kappa shape index (κ1) is 24.1. The third kappa shape index (κ3) is 5.14. The van der Waals surface area contributed by atoms with Gasteiger partial charge in [-0.3, -0.25) is 9.47 Å². The third-order valence-electron chi connectivity index (χ3n) is 6.67. The average molecular weight is 487 g/mol. The first-order valence-corrected chi connectivity index (χ1v) is 12.8. The maximum atomic E-state index is 6.21. The van der Waals surface area contributed by atoms with Gasteiger partial charge in [0.05, 0.1) is 20.3 Å². The smallest absolute Gasteiger partial charge is 0.320 e. The van der Waals surface area contributed by atoms with Gasteiger partial charge in [-0.25, -0.2) is 0 Å². The van der Waals surface area contributed by atoms with E-state index in [1.54, 1.807) is 7.11 Å². The molecule has 5 rings (SSSR count). The molecule has 0 bridgehead atoms. The Morgan fingerprint density at radius 2 is 1.81 bits per heavy atom. The van der Waals surface area contributed by atoms with E-state index in [-0.39, 0.29) is 11.8 Å². The number of nitrogens with zero attached hydrogens (tertiary/aromatic N) is 5. The molecule has 2 aromatic carbocycles. The SMILES string of the molecule is CCCCOc1nc(N)c2nc(OC)n(Cc3cccc(-c4ccccc4CN4CCCC4)c3)c2n1. The summed E-state index contributed by atoms with van der Waals surface area (Å²) < 4.78 is 13.3. The van der Waals surface area contributed by atoms with Crippen LogP contribution in [-0.2, 0) is 13.1 Å². The number of unbranched alkanes of at least 4 members (excludes halogenated alkanes) is 1. The Morgan fingerprint density at radius 1 is 0.972 bits per heavy atom. The molecular formula is C28H34N6O2. The number of fused-ring (bicyclic) bond motifs is 1. The van der Waals surface area contributed by atoms with Crippen LogP contribution in [0.25, 0.3) is 22.3 Å². The van der Waals surface area contributed by atoms with Crippen LogP contribution in [0.3, 0.4) is 0 Å². The molecule has 8 nitrogen and oxygen atoms in total. The minimum Gasteiger partial charge on any atom is -0.468 e. The van der Waals surface area contributed by atoms with Crippen LogP contribution >= 0.6 is 0 Å².